The number of nitrogens with one attached hydrogen (secondary N) is 1. The Morgan fingerprint density at radius 2 is 1.65 bits per heavy atom. The molecule has 130 valence electrons. The second kappa shape index (κ2) is 7.61. The van der Waals surface area contributed by atoms with Gasteiger partial charge in [-0.3, -0.25) is 14.9 Å². The van der Waals surface area contributed by atoms with Crippen LogP contribution in [0.25, 0.3) is 11.1 Å². The Morgan fingerprint density at radius 3 is 2.38 bits per heavy atom. The van der Waals surface area contributed by atoms with E-state index in [9.17, 15) is 14.9 Å². The molecule has 0 heterocycles. The molecule has 0 aromatic heterocycles. The summed E-state index contributed by atoms with van der Waals surface area (Å²) in [6.07, 6.45) is 0. The molecular weight excluding hydrogens is 328 g/mol. The third kappa shape index (κ3) is 3.95. The highest BCUT2D eigenvalue weighted by molar-refractivity contribution is 5.98. The molecule has 3 rings (SSSR count). The molecule has 3 aromatic rings. The molecule has 1 N–H and O–H groups in total. The van der Waals surface area contributed by atoms with E-state index >= 15 is 0 Å². The molecule has 0 aliphatic carbocycles. The largest absolute Gasteiger partial charge is 0.348 e. The van der Waals surface area contributed by atoms with Gasteiger partial charge in [-0.05, 0) is 35.7 Å². The molecule has 5 nitrogen and oxygen atoms in total. The van der Waals surface area contributed by atoms with E-state index in [2.05, 4.69) is 11.4 Å². The second-order valence-electron chi connectivity index (χ2n) is 6.03. The van der Waals surface area contributed by atoms with Crippen LogP contribution in [-0.4, -0.2) is 10.8 Å². The van der Waals surface area contributed by atoms with Crippen LogP contribution in [0.15, 0.2) is 72.8 Å². The molecule has 0 saturated heterocycles. The van der Waals surface area contributed by atoms with Gasteiger partial charge in [-0.1, -0.05) is 60.2 Å². The van der Waals surface area contributed by atoms with E-state index in [0.29, 0.717) is 6.54 Å². The van der Waals surface area contributed by atoms with Crippen LogP contribution in [0.3, 0.4) is 0 Å². The number of hydrogen-bond acceptors (Lipinski definition) is 3. The smallest absolute Gasteiger partial charge is 0.282 e. The summed E-state index contributed by atoms with van der Waals surface area (Å²) in [5, 5.41) is 13.8. The monoisotopic (exact) mass is 346 g/mol. The lowest BCUT2D eigenvalue weighted by Gasteiger charge is -2.08. The summed E-state index contributed by atoms with van der Waals surface area (Å²) in [5.74, 6) is -0.460. The molecule has 1 amide bonds. The molecule has 0 aliphatic heterocycles. The molecule has 0 radical (unpaired) electrons. The Hall–Kier alpha value is -3.47. The van der Waals surface area contributed by atoms with Gasteiger partial charge in [0.15, 0.2) is 0 Å². The van der Waals surface area contributed by atoms with Gasteiger partial charge in [0.25, 0.3) is 11.6 Å². The minimum absolute atomic E-state index is 0.0624. The topological polar surface area (TPSA) is 72.2 Å². The van der Waals surface area contributed by atoms with Gasteiger partial charge in [0.2, 0.25) is 0 Å². The number of rotatable bonds is 5. The first-order valence-corrected chi connectivity index (χ1v) is 8.22. The molecule has 0 spiro atoms. The molecule has 0 bridgehead atoms. The Kier molecular flexibility index (Phi) is 5.08. The number of carbonyl (C=O) groups excluding carboxylic acids is 1. The Balaban J connectivity index is 1.76. The fourth-order valence-corrected chi connectivity index (χ4v) is 2.79. The highest BCUT2D eigenvalue weighted by Crippen LogP contribution is 2.22. The fourth-order valence-electron chi connectivity index (χ4n) is 2.79. The van der Waals surface area contributed by atoms with Crippen molar-refractivity contribution in [1.29, 1.82) is 0 Å². The van der Waals surface area contributed by atoms with Crippen molar-refractivity contribution in [1.82, 2.24) is 5.32 Å². The Bertz CT molecular complexity index is 967. The maximum atomic E-state index is 12.3. The molecule has 26 heavy (non-hydrogen) atoms. The fraction of sp³-hybridized carbons (Fsp3) is 0.0952. The minimum atomic E-state index is -0.548. The molecule has 0 aliphatic rings. The number of para-hydroxylation sites is 1. The number of amides is 1. The number of carbonyl (C=O) groups is 1. The van der Waals surface area contributed by atoms with Crippen LogP contribution >= 0.6 is 0 Å². The predicted octanol–water partition coefficient (Wildman–Crippen LogP) is 4.50. The van der Waals surface area contributed by atoms with Crippen LogP contribution in [0, 0.1) is 17.0 Å². The van der Waals surface area contributed by atoms with Crippen molar-refractivity contribution in [3.63, 3.8) is 0 Å². The summed E-state index contributed by atoms with van der Waals surface area (Å²) >= 11 is 0. The molecule has 3 aromatic carbocycles. The standard InChI is InChI=1S/C21H18N2O3/c1-15-6-4-8-17(12-15)18-9-5-7-16(13-18)14-22-21(24)19-10-2-3-11-20(19)23(25)26/h2-13H,14H2,1H3,(H,22,24). The van der Waals surface area contributed by atoms with Crippen molar-refractivity contribution in [3.05, 3.63) is 99.6 Å². The normalized spacial score (nSPS) is 10.3. The first-order chi connectivity index (χ1) is 12.5. The van der Waals surface area contributed by atoms with Gasteiger partial charge in [0.05, 0.1) is 4.92 Å². The van der Waals surface area contributed by atoms with Gasteiger partial charge in [-0.2, -0.15) is 0 Å². The molecular formula is C21H18N2O3. The highest BCUT2D eigenvalue weighted by atomic mass is 16.6. The average Bonchev–Trinajstić information content (AvgIpc) is 2.66. The Morgan fingerprint density at radius 1 is 0.962 bits per heavy atom. The van der Waals surface area contributed by atoms with Gasteiger partial charge >= 0.3 is 0 Å². The van der Waals surface area contributed by atoms with Crippen LogP contribution in [0.1, 0.15) is 21.5 Å². The van der Waals surface area contributed by atoms with E-state index < -0.39 is 10.8 Å². The van der Waals surface area contributed by atoms with E-state index in [4.69, 9.17) is 0 Å². The first kappa shape index (κ1) is 17.4. The summed E-state index contributed by atoms with van der Waals surface area (Å²) in [4.78, 5) is 22.8. The zero-order valence-corrected chi connectivity index (χ0v) is 14.3. The number of nitro groups is 1. The second-order valence-corrected chi connectivity index (χ2v) is 6.03. The number of aryl methyl sites for hydroxylation is 1. The molecule has 0 saturated carbocycles. The molecule has 0 atom stereocenters. The third-order valence-electron chi connectivity index (χ3n) is 4.08. The average molecular weight is 346 g/mol. The van der Waals surface area contributed by atoms with Crippen LogP contribution in [0.4, 0.5) is 5.69 Å². The van der Waals surface area contributed by atoms with Gasteiger partial charge in [-0.25, -0.2) is 0 Å². The van der Waals surface area contributed by atoms with E-state index in [1.165, 1.54) is 17.7 Å². The van der Waals surface area contributed by atoms with Crippen molar-refractivity contribution >= 4 is 11.6 Å². The van der Waals surface area contributed by atoms with Crippen molar-refractivity contribution in [2.24, 2.45) is 0 Å². The van der Waals surface area contributed by atoms with Crippen molar-refractivity contribution in [2.75, 3.05) is 0 Å². The summed E-state index contributed by atoms with van der Waals surface area (Å²) in [6.45, 7) is 2.34. The van der Waals surface area contributed by atoms with Crippen LogP contribution in [0.2, 0.25) is 0 Å². The van der Waals surface area contributed by atoms with Gasteiger partial charge in [0, 0.05) is 12.6 Å². The van der Waals surface area contributed by atoms with Crippen molar-refractivity contribution < 1.29 is 9.72 Å². The predicted molar refractivity (Wildman–Crippen MR) is 101 cm³/mol. The van der Waals surface area contributed by atoms with Crippen LogP contribution in [0.5, 0.6) is 0 Å². The summed E-state index contributed by atoms with van der Waals surface area (Å²) in [7, 11) is 0. The molecule has 5 heteroatoms. The maximum absolute atomic E-state index is 12.3. The van der Waals surface area contributed by atoms with Gasteiger partial charge in [-0.15, -0.1) is 0 Å². The van der Waals surface area contributed by atoms with E-state index in [0.717, 1.165) is 16.7 Å². The van der Waals surface area contributed by atoms with Crippen molar-refractivity contribution in [2.45, 2.75) is 13.5 Å². The quantitative estimate of drug-likeness (QED) is 0.546. The maximum Gasteiger partial charge on any atom is 0.282 e. The lowest BCUT2D eigenvalue weighted by molar-refractivity contribution is -0.385. The summed E-state index contributed by atoms with van der Waals surface area (Å²) in [5.41, 5.74) is 4.14. The SMILES string of the molecule is Cc1cccc(-c2cccc(CNC(=O)c3ccccc3[N+](=O)[O-])c2)c1. The number of hydrogen-bond donors (Lipinski definition) is 1. The lowest BCUT2D eigenvalue weighted by Crippen LogP contribution is -2.23. The van der Waals surface area contributed by atoms with Crippen LogP contribution in [-0.2, 0) is 6.54 Å². The van der Waals surface area contributed by atoms with Crippen LogP contribution < -0.4 is 5.32 Å². The third-order valence-corrected chi connectivity index (χ3v) is 4.08. The van der Waals surface area contributed by atoms with Crippen molar-refractivity contribution in [3.8, 4) is 11.1 Å². The zero-order valence-electron chi connectivity index (χ0n) is 14.3. The minimum Gasteiger partial charge on any atom is -0.348 e. The van der Waals surface area contributed by atoms with Gasteiger partial charge < -0.3 is 5.32 Å². The van der Waals surface area contributed by atoms with E-state index in [-0.39, 0.29) is 11.3 Å². The molecule has 0 fully saturated rings. The van der Waals surface area contributed by atoms with Gasteiger partial charge in [0.1, 0.15) is 5.56 Å². The number of nitrogens with zero attached hydrogens (tertiary/aromatic N) is 1. The highest BCUT2D eigenvalue weighted by Gasteiger charge is 2.18. The van der Waals surface area contributed by atoms with E-state index in [1.54, 1.807) is 12.1 Å². The summed E-state index contributed by atoms with van der Waals surface area (Å²) in [6, 6.07) is 22.0. The number of nitro benzene ring substituents is 1. The first-order valence-electron chi connectivity index (χ1n) is 8.22. The zero-order chi connectivity index (χ0) is 18.5. The summed E-state index contributed by atoms with van der Waals surface area (Å²) < 4.78 is 0. The van der Waals surface area contributed by atoms with E-state index in [1.807, 2.05) is 49.4 Å². The molecule has 0 unspecified atom stereocenters. The number of benzene rings is 3. The Labute approximate surface area is 151 Å². The lowest BCUT2D eigenvalue weighted by atomic mass is 10.0.